The number of nitrogens with zero attached hydrogens (tertiary/aromatic N) is 2. The fraction of sp³-hybridized carbons (Fsp3) is 0.600. The number of piperidine rings is 1. The molecule has 0 unspecified atom stereocenters. The maximum atomic E-state index is 12.1. The number of hydrogen-bond acceptors (Lipinski definition) is 11. The molecule has 0 bridgehead atoms. The summed E-state index contributed by atoms with van der Waals surface area (Å²) in [6, 6.07) is 3.80. The number of carbonyl (C=O) groups excluding carboxylic acids is 4. The van der Waals surface area contributed by atoms with Gasteiger partial charge in [-0.1, -0.05) is 6.07 Å². The molecule has 3 heterocycles. The highest BCUT2D eigenvalue weighted by Crippen LogP contribution is 2.32. The van der Waals surface area contributed by atoms with Gasteiger partial charge in [0.15, 0.2) is 29.7 Å². The third-order valence-corrected chi connectivity index (χ3v) is 6.44. The summed E-state index contributed by atoms with van der Waals surface area (Å²) in [5.74, 6) is -2.67. The van der Waals surface area contributed by atoms with Crippen molar-refractivity contribution in [2.24, 2.45) is 0 Å². The van der Waals surface area contributed by atoms with Gasteiger partial charge in [-0.2, -0.15) is 0 Å². The zero-order chi connectivity index (χ0) is 27.8. The first-order valence-electron chi connectivity index (χ1n) is 12.3. The van der Waals surface area contributed by atoms with Gasteiger partial charge in [-0.25, -0.2) is 0 Å². The molecule has 6 atom stereocenters. The molecule has 1 aromatic rings. The van der Waals surface area contributed by atoms with Crippen molar-refractivity contribution in [3.05, 3.63) is 30.1 Å². The second-order valence-electron chi connectivity index (χ2n) is 9.06. The molecular weight excluding hydrogens is 518 g/mol. The molecule has 208 valence electrons. The fourth-order valence-corrected chi connectivity index (χ4v) is 4.98. The Hall–Kier alpha value is -3.32. The van der Waals surface area contributed by atoms with Crippen LogP contribution in [0.2, 0.25) is 0 Å². The lowest BCUT2D eigenvalue weighted by molar-refractivity contribution is -0.255. The number of rotatable bonds is 7. The van der Waals surface area contributed by atoms with Gasteiger partial charge in [0.05, 0.1) is 6.04 Å². The predicted molar refractivity (Wildman–Crippen MR) is 135 cm³/mol. The van der Waals surface area contributed by atoms with Crippen LogP contribution >= 0.6 is 12.2 Å². The topological polar surface area (TPSA) is 143 Å². The van der Waals surface area contributed by atoms with E-state index in [1.165, 1.54) is 27.7 Å². The second kappa shape index (κ2) is 13.5. The number of nitrogens with one attached hydrogen (secondary N) is 1. The molecule has 1 aromatic heterocycles. The Morgan fingerprint density at radius 1 is 1.00 bits per heavy atom. The minimum Gasteiger partial charge on any atom is -0.463 e. The molecule has 0 aromatic carbocycles. The van der Waals surface area contributed by atoms with E-state index in [1.807, 2.05) is 17.0 Å². The van der Waals surface area contributed by atoms with Crippen LogP contribution < -0.4 is 5.32 Å². The Bertz CT molecular complexity index is 1020. The van der Waals surface area contributed by atoms with Crippen molar-refractivity contribution in [2.75, 3.05) is 13.2 Å². The fourth-order valence-electron chi connectivity index (χ4n) is 4.64. The Morgan fingerprint density at radius 3 is 2.26 bits per heavy atom. The Balaban J connectivity index is 1.92. The first-order valence-corrected chi connectivity index (χ1v) is 12.7. The summed E-state index contributed by atoms with van der Waals surface area (Å²) in [6.45, 7) is 5.10. The smallest absolute Gasteiger partial charge is 0.303 e. The number of pyridine rings is 1. The summed E-state index contributed by atoms with van der Waals surface area (Å²) in [5, 5.41) is 3.42. The minimum absolute atomic E-state index is 0.0388. The van der Waals surface area contributed by atoms with Gasteiger partial charge in [0.2, 0.25) is 0 Å². The van der Waals surface area contributed by atoms with E-state index < -0.39 is 54.5 Å². The average molecular weight is 552 g/mol. The van der Waals surface area contributed by atoms with Crippen LogP contribution in [0.3, 0.4) is 0 Å². The maximum Gasteiger partial charge on any atom is 0.303 e. The van der Waals surface area contributed by atoms with E-state index in [9.17, 15) is 19.2 Å². The third kappa shape index (κ3) is 7.84. The highest BCUT2D eigenvalue weighted by molar-refractivity contribution is 7.80. The van der Waals surface area contributed by atoms with Gasteiger partial charge in [0.1, 0.15) is 12.7 Å². The molecule has 1 N–H and O–H groups in total. The number of thiocarbonyl (C=S) groups is 1. The third-order valence-electron chi connectivity index (χ3n) is 6.09. The quantitative estimate of drug-likeness (QED) is 0.298. The van der Waals surface area contributed by atoms with Crippen LogP contribution in [0.25, 0.3) is 0 Å². The average Bonchev–Trinajstić information content (AvgIpc) is 2.86. The van der Waals surface area contributed by atoms with Crippen molar-refractivity contribution in [3.63, 3.8) is 0 Å². The van der Waals surface area contributed by atoms with E-state index in [4.69, 9.17) is 35.9 Å². The van der Waals surface area contributed by atoms with Gasteiger partial charge in [-0.15, -0.1) is 0 Å². The number of hydrogen-bond donors (Lipinski definition) is 1. The molecule has 0 amide bonds. The lowest BCUT2D eigenvalue weighted by atomic mass is 9.96. The van der Waals surface area contributed by atoms with Crippen molar-refractivity contribution in [1.82, 2.24) is 15.2 Å². The van der Waals surface area contributed by atoms with Gasteiger partial charge in [0, 0.05) is 46.6 Å². The van der Waals surface area contributed by atoms with Crippen LogP contribution in [0.1, 0.15) is 58.6 Å². The SMILES string of the molecule is CC(=O)OC[C@@H]1O[C@@H](NC(=S)N2CCCC[C@@H]2c2cccnc2)[C@H](OC(C)=O)[C@@H](OC(C)=O)[C@@H]1OC(C)=O. The highest BCUT2D eigenvalue weighted by Gasteiger charge is 2.52. The zero-order valence-electron chi connectivity index (χ0n) is 21.8. The monoisotopic (exact) mass is 551 g/mol. The number of aromatic nitrogens is 1. The summed E-state index contributed by atoms with van der Waals surface area (Å²) < 4.78 is 27.6. The first-order chi connectivity index (χ1) is 18.1. The van der Waals surface area contributed by atoms with E-state index in [0.717, 1.165) is 24.8 Å². The van der Waals surface area contributed by atoms with Gasteiger partial charge >= 0.3 is 23.9 Å². The first kappa shape index (κ1) is 29.2. The van der Waals surface area contributed by atoms with Crippen LogP contribution in [0.4, 0.5) is 0 Å². The number of likely N-dealkylation sites (tertiary alicyclic amines) is 1. The lowest BCUT2D eigenvalue weighted by Crippen LogP contribution is -2.67. The van der Waals surface area contributed by atoms with Crippen LogP contribution in [0.5, 0.6) is 0 Å². The minimum atomic E-state index is -1.27. The van der Waals surface area contributed by atoms with Gasteiger partial charge in [-0.3, -0.25) is 24.2 Å². The van der Waals surface area contributed by atoms with E-state index >= 15 is 0 Å². The molecule has 2 fully saturated rings. The summed E-state index contributed by atoms with van der Waals surface area (Å²) in [4.78, 5) is 53.8. The molecule has 3 rings (SSSR count). The van der Waals surface area contributed by atoms with E-state index in [0.29, 0.717) is 11.7 Å². The zero-order valence-corrected chi connectivity index (χ0v) is 22.6. The Kier molecular flexibility index (Phi) is 10.4. The molecule has 0 radical (unpaired) electrons. The standard InChI is InChI=1S/C25H33N3O9S/c1-14(29)33-13-20-21(34-15(2)30)22(35-16(3)31)23(36-17(4)32)24(37-20)27-25(38)28-11-6-5-9-19(28)18-8-7-10-26-12-18/h7-8,10,12,19-24H,5-6,9,11,13H2,1-4H3,(H,27,38)/t19-,20+,21-,22+,23-,24-/m1/s1. The van der Waals surface area contributed by atoms with Gasteiger partial charge in [-0.05, 0) is 43.1 Å². The maximum absolute atomic E-state index is 12.1. The van der Waals surface area contributed by atoms with E-state index in [2.05, 4.69) is 10.3 Å². The lowest BCUT2D eigenvalue weighted by Gasteiger charge is -2.46. The molecule has 12 nitrogen and oxygen atoms in total. The molecule has 0 spiro atoms. The molecule has 2 aliphatic rings. The molecular formula is C25H33N3O9S. The van der Waals surface area contributed by atoms with E-state index in [1.54, 1.807) is 12.4 Å². The summed E-state index contributed by atoms with van der Waals surface area (Å²) in [5.41, 5.74) is 0.998. The number of ether oxygens (including phenoxy) is 5. The van der Waals surface area contributed by atoms with Crippen LogP contribution in [-0.2, 0) is 42.9 Å². The predicted octanol–water partition coefficient (Wildman–Crippen LogP) is 1.57. The normalized spacial score (nSPS) is 27.0. The number of carbonyl (C=O) groups is 4. The van der Waals surface area contributed by atoms with Gasteiger partial charge in [0.25, 0.3) is 0 Å². The van der Waals surface area contributed by atoms with Gasteiger partial charge < -0.3 is 33.9 Å². The van der Waals surface area contributed by atoms with Crippen molar-refractivity contribution in [3.8, 4) is 0 Å². The molecule has 2 saturated heterocycles. The summed E-state index contributed by atoms with van der Waals surface area (Å²) in [6.07, 6.45) is 0.338. The molecule has 38 heavy (non-hydrogen) atoms. The van der Waals surface area contributed by atoms with E-state index in [-0.39, 0.29) is 12.6 Å². The molecule has 2 aliphatic heterocycles. The summed E-state index contributed by atoms with van der Waals surface area (Å²) >= 11 is 5.76. The van der Waals surface area contributed by atoms with Crippen LogP contribution in [0.15, 0.2) is 24.5 Å². The largest absolute Gasteiger partial charge is 0.463 e. The van der Waals surface area contributed by atoms with Crippen molar-refractivity contribution in [2.45, 2.75) is 83.6 Å². The molecule has 0 saturated carbocycles. The molecule has 0 aliphatic carbocycles. The highest BCUT2D eigenvalue weighted by atomic mass is 32.1. The number of esters is 4. The van der Waals surface area contributed by atoms with Crippen molar-refractivity contribution < 1.29 is 42.9 Å². The second-order valence-corrected chi connectivity index (χ2v) is 9.45. The van der Waals surface area contributed by atoms with Crippen molar-refractivity contribution in [1.29, 1.82) is 0 Å². The molecule has 13 heteroatoms. The Labute approximate surface area is 226 Å². The van der Waals surface area contributed by atoms with Crippen LogP contribution in [0, 0.1) is 0 Å². The summed E-state index contributed by atoms with van der Waals surface area (Å²) in [7, 11) is 0. The Morgan fingerprint density at radius 2 is 1.66 bits per heavy atom. The van der Waals surface area contributed by atoms with Crippen LogP contribution in [-0.4, -0.2) is 82.7 Å². The van der Waals surface area contributed by atoms with Crippen molar-refractivity contribution >= 4 is 41.2 Å².